The normalized spacial score (nSPS) is 17.1. The number of piperidine rings is 1. The number of hydrogen-bond acceptors (Lipinski definition) is 3. The summed E-state index contributed by atoms with van der Waals surface area (Å²) in [5.74, 6) is -0.353. The molecule has 17 heavy (non-hydrogen) atoms. The van der Waals surface area contributed by atoms with Crippen LogP contribution in [0.5, 0.6) is 0 Å². The topological polar surface area (TPSA) is 66.6 Å². The summed E-state index contributed by atoms with van der Waals surface area (Å²) in [6.45, 7) is 1.86. The van der Waals surface area contributed by atoms with E-state index in [9.17, 15) is 4.79 Å². The van der Waals surface area contributed by atoms with Crippen molar-refractivity contribution in [3.8, 4) is 0 Å². The molecule has 1 fully saturated rings. The number of nitrogen functional groups attached to an aromatic ring is 1. The molecule has 1 saturated heterocycles. The molecule has 2 rings (SSSR count). The molecule has 0 aliphatic carbocycles. The van der Waals surface area contributed by atoms with E-state index in [1.807, 2.05) is 24.3 Å². The Balaban J connectivity index is 1.90. The summed E-state index contributed by atoms with van der Waals surface area (Å²) in [7, 11) is 0. The summed E-state index contributed by atoms with van der Waals surface area (Å²) in [6, 6.07) is 7.84. The molecule has 0 spiro atoms. The van der Waals surface area contributed by atoms with Gasteiger partial charge in [0.05, 0.1) is 0 Å². The van der Waals surface area contributed by atoms with Crippen molar-refractivity contribution in [1.29, 1.82) is 0 Å². The zero-order valence-electron chi connectivity index (χ0n) is 9.80. The number of carbonyl (C=O) groups is 1. The van der Waals surface area contributed by atoms with Gasteiger partial charge < -0.3 is 15.7 Å². The van der Waals surface area contributed by atoms with Crippen molar-refractivity contribution in [1.82, 2.24) is 0 Å². The molecule has 0 amide bonds. The third-order valence-electron chi connectivity index (χ3n) is 3.34. The number of nitrogens with two attached hydrogens (primary N) is 1. The monoisotopic (exact) mass is 234 g/mol. The molecule has 0 atom stereocenters. The Morgan fingerprint density at radius 1 is 1.29 bits per heavy atom. The van der Waals surface area contributed by atoms with Crippen LogP contribution in [0.2, 0.25) is 0 Å². The highest BCUT2D eigenvalue weighted by atomic mass is 16.4. The molecule has 1 heterocycles. The molecule has 0 bridgehead atoms. The molecular weight excluding hydrogens is 216 g/mol. The van der Waals surface area contributed by atoms with Crippen LogP contribution in [-0.2, 0) is 4.79 Å². The fourth-order valence-corrected chi connectivity index (χ4v) is 2.33. The lowest BCUT2D eigenvalue weighted by atomic mass is 9.93. The van der Waals surface area contributed by atoms with Gasteiger partial charge in [-0.05, 0) is 43.0 Å². The highest BCUT2D eigenvalue weighted by molar-refractivity contribution is 5.67. The lowest BCUT2D eigenvalue weighted by molar-refractivity contribution is -0.138. The van der Waals surface area contributed by atoms with Gasteiger partial charge in [0.15, 0.2) is 0 Å². The number of nitrogens with zero attached hydrogens (tertiary/aromatic N) is 1. The van der Waals surface area contributed by atoms with Gasteiger partial charge in [-0.1, -0.05) is 0 Å². The SMILES string of the molecule is Nc1ccc(N2CCC(CC(=O)O)CC2)cc1. The van der Waals surface area contributed by atoms with Crippen LogP contribution in [0.1, 0.15) is 19.3 Å². The Morgan fingerprint density at radius 2 is 1.88 bits per heavy atom. The molecule has 0 unspecified atom stereocenters. The molecule has 0 aromatic heterocycles. The van der Waals surface area contributed by atoms with Gasteiger partial charge in [0.1, 0.15) is 0 Å². The Labute approximate surface area is 101 Å². The average Bonchev–Trinajstić information content (AvgIpc) is 2.30. The zero-order chi connectivity index (χ0) is 12.3. The molecule has 1 aromatic carbocycles. The fourth-order valence-electron chi connectivity index (χ4n) is 2.33. The van der Waals surface area contributed by atoms with Crippen LogP contribution in [-0.4, -0.2) is 24.2 Å². The van der Waals surface area contributed by atoms with Gasteiger partial charge >= 0.3 is 5.97 Å². The minimum atomic E-state index is -0.684. The summed E-state index contributed by atoms with van der Waals surface area (Å²) in [5.41, 5.74) is 7.60. The first kappa shape index (κ1) is 11.8. The van der Waals surface area contributed by atoms with Crippen molar-refractivity contribution in [2.24, 2.45) is 5.92 Å². The van der Waals surface area contributed by atoms with E-state index >= 15 is 0 Å². The Hall–Kier alpha value is -1.71. The summed E-state index contributed by atoms with van der Waals surface area (Å²) in [6.07, 6.45) is 2.21. The molecule has 1 aliphatic heterocycles. The minimum Gasteiger partial charge on any atom is -0.481 e. The number of anilines is 2. The van der Waals surface area contributed by atoms with E-state index in [1.165, 1.54) is 5.69 Å². The number of hydrogen-bond donors (Lipinski definition) is 2. The first-order valence-electron chi connectivity index (χ1n) is 5.97. The van der Waals surface area contributed by atoms with Crippen LogP contribution >= 0.6 is 0 Å². The van der Waals surface area contributed by atoms with E-state index in [2.05, 4.69) is 4.90 Å². The first-order chi connectivity index (χ1) is 8.15. The maximum atomic E-state index is 10.6. The van der Waals surface area contributed by atoms with E-state index in [0.29, 0.717) is 12.3 Å². The summed E-state index contributed by atoms with van der Waals surface area (Å²) < 4.78 is 0. The first-order valence-corrected chi connectivity index (χ1v) is 5.97. The molecular formula is C13H18N2O2. The van der Waals surface area contributed by atoms with Gasteiger partial charge in [0.25, 0.3) is 0 Å². The predicted molar refractivity (Wildman–Crippen MR) is 68.0 cm³/mol. The highest BCUT2D eigenvalue weighted by Crippen LogP contribution is 2.25. The van der Waals surface area contributed by atoms with Gasteiger partial charge in [-0.3, -0.25) is 4.79 Å². The molecule has 4 nitrogen and oxygen atoms in total. The summed E-state index contributed by atoms with van der Waals surface area (Å²) >= 11 is 0. The maximum absolute atomic E-state index is 10.6. The zero-order valence-corrected chi connectivity index (χ0v) is 9.80. The third kappa shape index (κ3) is 3.12. The van der Waals surface area contributed by atoms with E-state index in [-0.39, 0.29) is 0 Å². The second-order valence-corrected chi connectivity index (χ2v) is 4.62. The molecule has 4 heteroatoms. The smallest absolute Gasteiger partial charge is 0.303 e. The van der Waals surface area contributed by atoms with Crippen molar-refractivity contribution in [2.45, 2.75) is 19.3 Å². The number of aliphatic carboxylic acids is 1. The van der Waals surface area contributed by atoms with Crippen LogP contribution in [0, 0.1) is 5.92 Å². The van der Waals surface area contributed by atoms with E-state index in [4.69, 9.17) is 10.8 Å². The second kappa shape index (κ2) is 5.08. The van der Waals surface area contributed by atoms with Gasteiger partial charge in [0.2, 0.25) is 0 Å². The largest absolute Gasteiger partial charge is 0.481 e. The predicted octanol–water partition coefficient (Wildman–Crippen LogP) is 1.96. The van der Waals surface area contributed by atoms with Gasteiger partial charge in [-0.15, -0.1) is 0 Å². The maximum Gasteiger partial charge on any atom is 0.303 e. The number of carboxylic acids is 1. The van der Waals surface area contributed by atoms with Crippen LogP contribution in [0.4, 0.5) is 11.4 Å². The molecule has 1 aliphatic rings. The summed E-state index contributed by atoms with van der Waals surface area (Å²) in [5, 5.41) is 8.75. The van der Waals surface area contributed by atoms with Gasteiger partial charge in [0, 0.05) is 30.9 Å². The molecule has 1 aromatic rings. The molecule has 0 radical (unpaired) electrons. The lowest BCUT2D eigenvalue weighted by Crippen LogP contribution is -2.34. The molecule has 92 valence electrons. The average molecular weight is 234 g/mol. The van der Waals surface area contributed by atoms with Crippen LogP contribution < -0.4 is 10.6 Å². The number of benzene rings is 1. The van der Waals surface area contributed by atoms with E-state index < -0.39 is 5.97 Å². The Kier molecular flexibility index (Phi) is 3.52. The Morgan fingerprint density at radius 3 is 2.41 bits per heavy atom. The van der Waals surface area contributed by atoms with Crippen LogP contribution in [0.3, 0.4) is 0 Å². The quantitative estimate of drug-likeness (QED) is 0.785. The van der Waals surface area contributed by atoms with Crippen molar-refractivity contribution < 1.29 is 9.90 Å². The number of carboxylic acid groups (broad SMARTS) is 1. The van der Waals surface area contributed by atoms with Gasteiger partial charge in [-0.25, -0.2) is 0 Å². The van der Waals surface area contributed by atoms with E-state index in [0.717, 1.165) is 31.6 Å². The standard InChI is InChI=1S/C13H18N2O2/c14-11-1-3-12(4-2-11)15-7-5-10(6-8-15)9-13(16)17/h1-4,10H,5-9,14H2,(H,16,17). The summed E-state index contributed by atoms with van der Waals surface area (Å²) in [4.78, 5) is 12.9. The van der Waals surface area contributed by atoms with Crippen molar-refractivity contribution in [2.75, 3.05) is 23.7 Å². The van der Waals surface area contributed by atoms with Crippen molar-refractivity contribution >= 4 is 17.3 Å². The second-order valence-electron chi connectivity index (χ2n) is 4.62. The Bertz CT molecular complexity index is 381. The third-order valence-corrected chi connectivity index (χ3v) is 3.34. The van der Waals surface area contributed by atoms with Crippen molar-refractivity contribution in [3.05, 3.63) is 24.3 Å². The minimum absolute atomic E-state index is 0.301. The fraction of sp³-hybridized carbons (Fsp3) is 0.462. The van der Waals surface area contributed by atoms with Crippen LogP contribution in [0.25, 0.3) is 0 Å². The van der Waals surface area contributed by atoms with Gasteiger partial charge in [-0.2, -0.15) is 0 Å². The van der Waals surface area contributed by atoms with E-state index in [1.54, 1.807) is 0 Å². The molecule has 3 N–H and O–H groups in total. The number of rotatable bonds is 3. The molecule has 0 saturated carbocycles. The lowest BCUT2D eigenvalue weighted by Gasteiger charge is -2.33. The van der Waals surface area contributed by atoms with Crippen molar-refractivity contribution in [3.63, 3.8) is 0 Å². The van der Waals surface area contributed by atoms with Crippen LogP contribution in [0.15, 0.2) is 24.3 Å². The highest BCUT2D eigenvalue weighted by Gasteiger charge is 2.21.